The van der Waals surface area contributed by atoms with Gasteiger partial charge in [0.1, 0.15) is 5.56 Å². The topological polar surface area (TPSA) is 98.5 Å². The van der Waals surface area contributed by atoms with Crippen LogP contribution in [0.4, 0.5) is 20.2 Å². The number of amides is 1. The molecular weight excluding hydrogens is 382 g/mol. The third kappa shape index (κ3) is 5.74. The van der Waals surface area contributed by atoms with Gasteiger partial charge in [0, 0.05) is 16.1 Å². The predicted octanol–water partition coefficient (Wildman–Crippen LogP) is 4.01. The van der Waals surface area contributed by atoms with Gasteiger partial charge < -0.3 is 10.1 Å². The maximum Gasteiger partial charge on any atom is 0.345 e. The second kappa shape index (κ2) is 9.08. The number of carbonyl (C=O) groups is 2. The van der Waals surface area contributed by atoms with E-state index < -0.39 is 29.2 Å². The molecule has 0 saturated carbocycles. The number of anilines is 1. The molecule has 0 heterocycles. The van der Waals surface area contributed by atoms with E-state index in [-0.39, 0.29) is 11.3 Å². The monoisotopic (exact) mass is 396 g/mol. The van der Waals surface area contributed by atoms with Crippen molar-refractivity contribution in [3.05, 3.63) is 63.7 Å². The first-order chi connectivity index (χ1) is 12.8. The fraction of sp³-hybridized carbons (Fsp3) is 0.176. The molecule has 0 atom stereocenters. The molecule has 2 aromatic rings. The van der Waals surface area contributed by atoms with E-state index in [1.807, 2.05) is 0 Å². The molecular formula is C17H14F2N2O5S. The second-order valence-corrected chi connectivity index (χ2v) is 6.32. The largest absolute Gasteiger partial charge is 0.452 e. The average Bonchev–Trinajstić information content (AvgIpc) is 2.60. The van der Waals surface area contributed by atoms with Crippen molar-refractivity contribution in [3.63, 3.8) is 0 Å². The van der Waals surface area contributed by atoms with Crippen LogP contribution < -0.4 is 5.32 Å². The average molecular weight is 396 g/mol. The lowest BCUT2D eigenvalue weighted by Gasteiger charge is -2.08. The first kappa shape index (κ1) is 20.3. The maximum atomic E-state index is 12.3. The number of nitro groups is 1. The molecule has 7 nitrogen and oxygen atoms in total. The summed E-state index contributed by atoms with van der Waals surface area (Å²) in [5.74, 6) is -4.22. The van der Waals surface area contributed by atoms with Crippen LogP contribution in [0, 0.1) is 17.0 Å². The summed E-state index contributed by atoms with van der Waals surface area (Å²) in [5.41, 5.74) is -0.00642. The number of hydrogen-bond acceptors (Lipinski definition) is 6. The van der Waals surface area contributed by atoms with Gasteiger partial charge in [-0.3, -0.25) is 14.9 Å². The number of aryl methyl sites for hydroxylation is 1. The number of alkyl halides is 2. The van der Waals surface area contributed by atoms with Crippen LogP contribution in [0.5, 0.6) is 0 Å². The molecule has 0 bridgehead atoms. The van der Waals surface area contributed by atoms with Gasteiger partial charge in [0.05, 0.1) is 4.92 Å². The maximum absolute atomic E-state index is 12.3. The first-order valence-corrected chi connectivity index (χ1v) is 8.41. The molecule has 0 unspecified atom stereocenters. The minimum Gasteiger partial charge on any atom is -0.452 e. The first-order valence-electron chi connectivity index (χ1n) is 7.54. The van der Waals surface area contributed by atoms with Gasteiger partial charge >= 0.3 is 5.97 Å². The Morgan fingerprint density at radius 1 is 1.22 bits per heavy atom. The number of esters is 1. The van der Waals surface area contributed by atoms with Gasteiger partial charge in [-0.15, -0.1) is 0 Å². The summed E-state index contributed by atoms with van der Waals surface area (Å²) in [7, 11) is 0. The summed E-state index contributed by atoms with van der Waals surface area (Å²) in [5, 5.41) is 13.5. The van der Waals surface area contributed by atoms with Gasteiger partial charge in [0.15, 0.2) is 6.61 Å². The van der Waals surface area contributed by atoms with Gasteiger partial charge in [-0.05, 0) is 37.3 Å². The summed E-state index contributed by atoms with van der Waals surface area (Å²) in [6.45, 7) is 0.828. The van der Waals surface area contributed by atoms with E-state index in [2.05, 4.69) is 5.32 Å². The number of carbonyl (C=O) groups excluding carboxylic acids is 2. The number of nitro benzene ring substituents is 1. The van der Waals surface area contributed by atoms with E-state index in [9.17, 15) is 28.5 Å². The Hall–Kier alpha value is -3.01. The molecule has 0 aliphatic rings. The van der Waals surface area contributed by atoms with Crippen molar-refractivity contribution in [2.24, 2.45) is 0 Å². The summed E-state index contributed by atoms with van der Waals surface area (Å²) < 4.78 is 29.3. The van der Waals surface area contributed by atoms with Crippen molar-refractivity contribution < 1.29 is 28.0 Å². The van der Waals surface area contributed by atoms with E-state index in [0.717, 1.165) is 0 Å². The number of ether oxygens (including phenoxy) is 1. The fourth-order valence-corrected chi connectivity index (χ4v) is 2.69. The lowest BCUT2D eigenvalue weighted by Crippen LogP contribution is -2.21. The number of hydrogen-bond donors (Lipinski definition) is 1. The van der Waals surface area contributed by atoms with Gasteiger partial charge in [0.2, 0.25) is 0 Å². The number of thioether (sulfide) groups is 1. The number of rotatable bonds is 7. The molecule has 0 saturated heterocycles. The van der Waals surface area contributed by atoms with Gasteiger partial charge in [-0.2, -0.15) is 8.78 Å². The quantitative estimate of drug-likeness (QED) is 0.329. The Morgan fingerprint density at radius 3 is 2.48 bits per heavy atom. The second-order valence-electron chi connectivity index (χ2n) is 5.26. The van der Waals surface area contributed by atoms with Crippen LogP contribution in [0.2, 0.25) is 0 Å². The molecule has 10 heteroatoms. The Labute approximate surface area is 156 Å². The molecule has 0 aliphatic carbocycles. The van der Waals surface area contributed by atoms with Crippen LogP contribution in [0.3, 0.4) is 0 Å². The molecule has 142 valence electrons. The Morgan fingerprint density at radius 2 is 1.89 bits per heavy atom. The molecule has 2 rings (SSSR count). The van der Waals surface area contributed by atoms with Crippen LogP contribution in [-0.4, -0.2) is 29.2 Å². The number of nitrogens with one attached hydrogen (secondary N) is 1. The molecule has 1 amide bonds. The van der Waals surface area contributed by atoms with Crippen LogP contribution in [-0.2, 0) is 9.53 Å². The molecule has 0 spiro atoms. The molecule has 0 aromatic heterocycles. The molecule has 27 heavy (non-hydrogen) atoms. The molecule has 1 N–H and O–H groups in total. The van der Waals surface area contributed by atoms with E-state index in [1.54, 1.807) is 0 Å². The normalized spacial score (nSPS) is 10.5. The Bertz CT molecular complexity index is 859. The van der Waals surface area contributed by atoms with Crippen molar-refractivity contribution in [2.45, 2.75) is 17.6 Å². The van der Waals surface area contributed by atoms with Crippen molar-refractivity contribution in [1.29, 1.82) is 0 Å². The minimum absolute atomic E-state index is 0.249. The summed E-state index contributed by atoms with van der Waals surface area (Å²) in [6.07, 6.45) is 0. The van der Waals surface area contributed by atoms with E-state index in [4.69, 9.17) is 4.74 Å². The van der Waals surface area contributed by atoms with Crippen molar-refractivity contribution in [1.82, 2.24) is 0 Å². The zero-order valence-corrected chi connectivity index (χ0v) is 14.8. The van der Waals surface area contributed by atoms with Gasteiger partial charge in [-0.1, -0.05) is 23.9 Å². The lowest BCUT2D eigenvalue weighted by molar-refractivity contribution is -0.385. The smallest absolute Gasteiger partial charge is 0.345 e. The van der Waals surface area contributed by atoms with Crippen LogP contribution in [0.15, 0.2) is 47.4 Å². The number of nitrogens with zero attached hydrogens (tertiary/aromatic N) is 1. The Balaban J connectivity index is 1.95. The predicted molar refractivity (Wildman–Crippen MR) is 95.0 cm³/mol. The van der Waals surface area contributed by atoms with Crippen LogP contribution >= 0.6 is 11.8 Å². The Kier molecular flexibility index (Phi) is 6.83. The molecule has 0 aliphatic heterocycles. The summed E-state index contributed by atoms with van der Waals surface area (Å²) in [4.78, 5) is 34.6. The van der Waals surface area contributed by atoms with E-state index in [1.165, 1.54) is 49.4 Å². The highest BCUT2D eigenvalue weighted by molar-refractivity contribution is 7.99. The van der Waals surface area contributed by atoms with Crippen molar-refractivity contribution in [3.8, 4) is 0 Å². The zero-order valence-electron chi connectivity index (χ0n) is 14.0. The summed E-state index contributed by atoms with van der Waals surface area (Å²) >= 11 is 0.372. The number of para-hydroxylation sites is 1. The highest BCUT2D eigenvalue weighted by Crippen LogP contribution is 2.26. The molecule has 0 radical (unpaired) electrons. The highest BCUT2D eigenvalue weighted by Gasteiger charge is 2.24. The number of halogens is 2. The fourth-order valence-electron chi connectivity index (χ4n) is 2.19. The summed E-state index contributed by atoms with van der Waals surface area (Å²) in [6, 6.07) is 9.87. The van der Waals surface area contributed by atoms with E-state index >= 15 is 0 Å². The SMILES string of the molecule is Cc1cccc(C(=O)OCC(=O)Nc2ccc(SC(F)F)cc2)c1[N+](=O)[O-]. The van der Waals surface area contributed by atoms with Gasteiger partial charge in [-0.25, -0.2) is 4.79 Å². The van der Waals surface area contributed by atoms with Crippen LogP contribution in [0.25, 0.3) is 0 Å². The van der Waals surface area contributed by atoms with Crippen molar-refractivity contribution >= 4 is 35.0 Å². The third-order valence-electron chi connectivity index (χ3n) is 3.34. The molecule has 0 fully saturated rings. The van der Waals surface area contributed by atoms with Gasteiger partial charge in [0.25, 0.3) is 17.4 Å². The number of benzene rings is 2. The zero-order chi connectivity index (χ0) is 20.0. The highest BCUT2D eigenvalue weighted by atomic mass is 32.2. The minimum atomic E-state index is -2.55. The van der Waals surface area contributed by atoms with Crippen LogP contribution in [0.1, 0.15) is 15.9 Å². The standard InChI is InChI=1S/C17H14F2N2O5S/c1-10-3-2-4-13(15(10)21(24)25)16(23)26-9-14(22)20-11-5-7-12(8-6-11)27-17(18)19/h2-8,17H,9H2,1H3,(H,20,22). The van der Waals surface area contributed by atoms with E-state index in [0.29, 0.717) is 27.9 Å². The molecule has 2 aromatic carbocycles. The third-order valence-corrected chi connectivity index (χ3v) is 4.06. The van der Waals surface area contributed by atoms with Crippen molar-refractivity contribution in [2.75, 3.05) is 11.9 Å². The lowest BCUT2D eigenvalue weighted by atomic mass is 10.1.